The maximum Gasteiger partial charge on any atom is 0.245 e. The van der Waals surface area contributed by atoms with Crippen LogP contribution < -0.4 is 10.2 Å². The first-order valence-corrected chi connectivity index (χ1v) is 13.0. The van der Waals surface area contributed by atoms with Crippen LogP contribution in [0.3, 0.4) is 0 Å². The third kappa shape index (κ3) is 4.41. The van der Waals surface area contributed by atoms with Crippen molar-refractivity contribution in [2.75, 3.05) is 11.1 Å². The van der Waals surface area contributed by atoms with Crippen LogP contribution >= 0.6 is 11.8 Å². The van der Waals surface area contributed by atoms with E-state index in [1.54, 1.807) is 12.1 Å². The molecule has 0 amide bonds. The number of anilines is 1. The van der Waals surface area contributed by atoms with Gasteiger partial charge in [0.15, 0.2) is 0 Å². The maximum atomic E-state index is 15.5. The summed E-state index contributed by atoms with van der Waals surface area (Å²) in [4.78, 5) is 10.4. The number of pyridine rings is 1. The van der Waals surface area contributed by atoms with Crippen molar-refractivity contribution in [1.82, 2.24) is 25.5 Å². The summed E-state index contributed by atoms with van der Waals surface area (Å²) >= 11 is 0.550. The number of piperidine rings is 2. The topological polar surface area (TPSA) is 87.1 Å². The highest BCUT2D eigenvalue weighted by molar-refractivity contribution is 7.98. The van der Waals surface area contributed by atoms with Crippen molar-refractivity contribution in [2.24, 2.45) is 0 Å². The molecule has 2 saturated heterocycles. The monoisotopic (exact) mass is 513 g/mol. The van der Waals surface area contributed by atoms with Gasteiger partial charge in [0, 0.05) is 33.4 Å². The molecule has 1 aromatic carbocycles. The Kier molecular flexibility index (Phi) is 5.37. The number of rotatable bonds is 6. The number of halogens is 2. The summed E-state index contributed by atoms with van der Waals surface area (Å²) in [5.41, 5.74) is 1.15. The zero-order chi connectivity index (χ0) is 27.3. The van der Waals surface area contributed by atoms with E-state index in [0.717, 1.165) is 38.3 Å². The van der Waals surface area contributed by atoms with Crippen LogP contribution in [0.15, 0.2) is 41.7 Å². The Bertz CT molecular complexity index is 1360. The molecule has 0 radical (unpaired) electrons. The lowest BCUT2D eigenvalue weighted by atomic mass is 9.82. The molecule has 3 aromatic rings. The fraction of sp³-hybridized carbons (Fsp3) is 0.462. The van der Waals surface area contributed by atoms with Gasteiger partial charge in [-0.05, 0) is 62.1 Å². The first kappa shape index (κ1) is 20.2. The second-order valence-corrected chi connectivity index (χ2v) is 10.4. The van der Waals surface area contributed by atoms with E-state index in [4.69, 9.17) is 4.11 Å². The molecule has 6 rings (SSSR count). The second kappa shape index (κ2) is 9.55. The van der Waals surface area contributed by atoms with Gasteiger partial charge < -0.3 is 15.3 Å². The van der Waals surface area contributed by atoms with E-state index in [2.05, 4.69) is 25.5 Å². The van der Waals surface area contributed by atoms with Gasteiger partial charge in [-0.2, -0.15) is 0 Å². The van der Waals surface area contributed by atoms with Gasteiger partial charge in [0.05, 0.1) is 23.5 Å². The minimum atomic E-state index is -2.32. The molecule has 188 valence electrons. The Labute approximate surface area is 217 Å². The van der Waals surface area contributed by atoms with Gasteiger partial charge in [-0.1, -0.05) is 12.5 Å². The van der Waals surface area contributed by atoms with Crippen molar-refractivity contribution < 1.29 is 18.0 Å². The highest BCUT2D eigenvalue weighted by Gasteiger charge is 2.47. The zero-order valence-corrected chi connectivity index (χ0v) is 20.3. The van der Waals surface area contributed by atoms with E-state index >= 15 is 4.39 Å². The molecule has 0 unspecified atom stereocenters. The third-order valence-electron chi connectivity index (χ3n) is 7.39. The largest absolute Gasteiger partial charge is 0.507 e. The van der Waals surface area contributed by atoms with Crippen LogP contribution in [0.5, 0.6) is 5.75 Å². The van der Waals surface area contributed by atoms with Crippen LogP contribution in [-0.4, -0.2) is 61.8 Å². The van der Waals surface area contributed by atoms with Crippen LogP contribution in [0.2, 0.25) is 0 Å². The number of hydrogen-bond acceptors (Lipinski definition) is 8. The smallest absolute Gasteiger partial charge is 0.245 e. The summed E-state index contributed by atoms with van der Waals surface area (Å²) in [7, 11) is 0. The Balaban J connectivity index is 1.24. The second-order valence-electron chi connectivity index (χ2n) is 9.77. The standard InChI is InChI=1S/C26H28F2N6OS/c1-36-24-11-18(19(27)12-29-24)14-5-8-17(23(35)9-14)21-13-30-26(33-32-21)34(16-6-7-16)22-10-15-3-2-4-20(31-15)25(22)28/h5,8-9,11-13,15-16,20,22,25,31,35H,2-4,6-7,10H2,1H3/t15-,20-,22-,25+/m0/s1/i1D3. The van der Waals surface area contributed by atoms with Crippen LogP contribution in [0, 0.1) is 5.82 Å². The molecule has 36 heavy (non-hydrogen) atoms. The predicted molar refractivity (Wildman–Crippen MR) is 135 cm³/mol. The van der Waals surface area contributed by atoms with Gasteiger partial charge in [-0.25, -0.2) is 18.7 Å². The summed E-state index contributed by atoms with van der Waals surface area (Å²) in [5, 5.41) is 23.0. The van der Waals surface area contributed by atoms with Crippen LogP contribution in [0.1, 0.15) is 42.6 Å². The van der Waals surface area contributed by atoms with E-state index in [-0.39, 0.29) is 34.5 Å². The Morgan fingerprint density at radius 3 is 2.75 bits per heavy atom. The zero-order valence-electron chi connectivity index (χ0n) is 22.4. The minimum absolute atomic E-state index is 0.116. The first-order chi connectivity index (χ1) is 18.7. The molecule has 4 heterocycles. The maximum absolute atomic E-state index is 15.5. The molecular formula is C26H28F2N6OS. The Morgan fingerprint density at radius 2 is 2.00 bits per heavy atom. The molecular weight excluding hydrogens is 482 g/mol. The van der Waals surface area contributed by atoms with Crippen molar-refractivity contribution in [1.29, 1.82) is 0 Å². The van der Waals surface area contributed by atoms with E-state index in [9.17, 15) is 9.50 Å². The fourth-order valence-corrected chi connectivity index (χ4v) is 5.79. The van der Waals surface area contributed by atoms with Gasteiger partial charge in [-0.15, -0.1) is 22.0 Å². The van der Waals surface area contributed by atoms with Gasteiger partial charge in [0.25, 0.3) is 0 Å². The SMILES string of the molecule is [2H]C([2H])([2H])Sc1cc(-c2ccc(-c3cnc(N(C4CC4)[C@H]4C[C@@H]5CCC[C@H](N5)[C@H]4F)nn3)c(O)c2)c(F)cn1. The van der Waals surface area contributed by atoms with Gasteiger partial charge >= 0.3 is 0 Å². The van der Waals surface area contributed by atoms with Crippen molar-refractivity contribution in [3.05, 3.63) is 42.5 Å². The molecule has 2 aromatic heterocycles. The number of phenols is 1. The third-order valence-corrected chi connectivity index (χ3v) is 7.83. The van der Waals surface area contributed by atoms with Gasteiger partial charge in [0.2, 0.25) is 5.95 Å². The molecule has 2 N–H and O–H groups in total. The lowest BCUT2D eigenvalue weighted by Crippen LogP contribution is -2.62. The van der Waals surface area contributed by atoms with Crippen LogP contribution in [0.4, 0.5) is 14.7 Å². The molecule has 10 heteroatoms. The molecule has 7 nitrogen and oxygen atoms in total. The van der Waals surface area contributed by atoms with Crippen molar-refractivity contribution in [3.8, 4) is 28.1 Å². The lowest BCUT2D eigenvalue weighted by Gasteiger charge is -2.46. The number of aromatic hydroxyl groups is 1. The van der Waals surface area contributed by atoms with Crippen molar-refractivity contribution in [3.63, 3.8) is 0 Å². The number of thioether (sulfide) groups is 1. The summed E-state index contributed by atoms with van der Waals surface area (Å²) in [6.45, 7) is 0. The summed E-state index contributed by atoms with van der Waals surface area (Å²) < 4.78 is 52.2. The van der Waals surface area contributed by atoms with Gasteiger partial charge in [-0.3, -0.25) is 0 Å². The summed E-state index contributed by atoms with van der Waals surface area (Å²) in [6.07, 6.45) is 4.73. The highest BCUT2D eigenvalue weighted by atomic mass is 32.2. The summed E-state index contributed by atoms with van der Waals surface area (Å²) in [5.74, 6) is -0.411. The highest BCUT2D eigenvalue weighted by Crippen LogP contribution is 2.39. The first-order valence-electron chi connectivity index (χ1n) is 13.7. The lowest BCUT2D eigenvalue weighted by molar-refractivity contribution is 0.103. The molecule has 0 spiro atoms. The molecule has 1 saturated carbocycles. The average molecular weight is 514 g/mol. The number of nitrogens with zero attached hydrogens (tertiary/aromatic N) is 5. The minimum Gasteiger partial charge on any atom is -0.507 e. The van der Waals surface area contributed by atoms with E-state index < -0.39 is 18.2 Å². The normalized spacial score (nSPS) is 27.1. The van der Waals surface area contributed by atoms with E-state index in [0.29, 0.717) is 47.0 Å². The molecule has 2 aliphatic heterocycles. The van der Waals surface area contributed by atoms with Gasteiger partial charge in [0.1, 0.15) is 23.4 Å². The average Bonchev–Trinajstić information content (AvgIpc) is 3.73. The molecule has 3 fully saturated rings. The number of fused-ring (bicyclic) bond motifs is 2. The molecule has 3 aliphatic rings. The number of hydrogen-bond donors (Lipinski definition) is 2. The fourth-order valence-electron chi connectivity index (χ4n) is 5.51. The van der Waals surface area contributed by atoms with Crippen LogP contribution in [0.25, 0.3) is 22.4 Å². The number of nitrogens with one attached hydrogen (secondary N) is 1. The number of benzene rings is 1. The molecule has 4 atom stereocenters. The summed E-state index contributed by atoms with van der Waals surface area (Å²) in [6, 6.07) is 5.98. The van der Waals surface area contributed by atoms with E-state index in [1.165, 1.54) is 18.3 Å². The van der Waals surface area contributed by atoms with Crippen molar-refractivity contribution >= 4 is 17.7 Å². The van der Waals surface area contributed by atoms with Crippen LogP contribution in [-0.2, 0) is 0 Å². The molecule has 2 bridgehead atoms. The number of alkyl halides is 1. The predicted octanol–water partition coefficient (Wildman–Crippen LogP) is 4.76. The number of phenolic OH excluding ortho intramolecular Hbond substituents is 1. The Hall–Kier alpha value is -2.85. The van der Waals surface area contributed by atoms with Crippen molar-refractivity contribution in [2.45, 2.75) is 73.9 Å². The molecule has 1 aliphatic carbocycles. The quantitative estimate of drug-likeness (QED) is 0.457. The Morgan fingerprint density at radius 1 is 1.11 bits per heavy atom. The van der Waals surface area contributed by atoms with E-state index in [1.807, 2.05) is 4.90 Å². The number of aromatic nitrogens is 4.